The minimum absolute atomic E-state index is 0. The molecule has 34 heavy (non-hydrogen) atoms. The van der Waals surface area contributed by atoms with E-state index < -0.39 is 0 Å². The fraction of sp³-hybridized carbons (Fsp3) is 0.0455. The van der Waals surface area contributed by atoms with Crippen LogP contribution in [0.5, 0.6) is 5.75 Å². The SMILES string of the molecule is [Br-].[Br-].[CH2-]c1ccc(F)cc1.[CH2-]c1cccc(OC)c1.[CH2-]c1ccccc1Cl.[Cl-].[Cl-].[Cl-].[Mg+2].[Mg+2].[Mg+2].[Mg+2]. The number of methoxy groups -OCH3 is 1. The Labute approximate surface area is 313 Å². The van der Waals surface area contributed by atoms with Crippen molar-refractivity contribution in [3.63, 3.8) is 0 Å². The summed E-state index contributed by atoms with van der Waals surface area (Å²) in [5.41, 5.74) is 2.70. The largest absolute Gasteiger partial charge is 2.00 e. The van der Waals surface area contributed by atoms with Gasteiger partial charge in [0.25, 0.3) is 0 Å². The summed E-state index contributed by atoms with van der Waals surface area (Å²) in [5, 5.41) is 0.729. The van der Waals surface area contributed by atoms with Crippen LogP contribution in [0, 0.1) is 26.6 Å². The molecule has 0 N–H and O–H groups in total. The predicted molar refractivity (Wildman–Crippen MR) is 127 cm³/mol. The van der Waals surface area contributed by atoms with Crippen LogP contribution in [-0.2, 0) is 0 Å². The van der Waals surface area contributed by atoms with Gasteiger partial charge in [0.15, 0.2) is 0 Å². The molecule has 0 radical (unpaired) electrons. The zero-order valence-electron chi connectivity index (χ0n) is 18.9. The fourth-order valence-electron chi connectivity index (χ4n) is 1.66. The van der Waals surface area contributed by atoms with Gasteiger partial charge in [-0.2, -0.15) is 73.3 Å². The van der Waals surface area contributed by atoms with Crippen LogP contribution in [0.1, 0.15) is 16.7 Å². The standard InChI is InChI=1S/C8H9O.C7H6Cl.C7H6F.2BrH.3ClH.4Mg/c1-7-4-3-5-8(6-7)9-2;1-6-4-2-3-5-7(6)8;1-6-2-4-7(8)5-3-6;;;;;;;;;/h3-6H,1H2,2H3;2*2-5H,1H2;5*1H;;;;/q3*-1;;;;;;4*+2/p-5. The molecule has 3 aromatic rings. The second kappa shape index (κ2) is 37.3. The van der Waals surface area contributed by atoms with E-state index in [1.165, 1.54) is 12.1 Å². The van der Waals surface area contributed by atoms with Crippen LogP contribution in [0.25, 0.3) is 0 Å². The Bertz CT molecular complexity index is 751. The number of rotatable bonds is 1. The molecule has 1 nitrogen and oxygen atoms in total. The molecule has 0 spiro atoms. The van der Waals surface area contributed by atoms with Crippen LogP contribution in [-0.4, -0.2) is 99.3 Å². The van der Waals surface area contributed by atoms with E-state index in [0.29, 0.717) is 0 Å². The van der Waals surface area contributed by atoms with Crippen molar-refractivity contribution >= 4 is 104 Å². The Morgan fingerprint density at radius 2 is 1.15 bits per heavy atom. The Morgan fingerprint density at radius 1 is 0.676 bits per heavy atom. The quantitative estimate of drug-likeness (QED) is 0.180. The van der Waals surface area contributed by atoms with Gasteiger partial charge in [-0.1, -0.05) is 23.2 Å². The molecular formula is C22H21Br2Cl4FMg4O. The molecule has 0 aromatic heterocycles. The molecule has 0 saturated carbocycles. The maximum absolute atomic E-state index is 12.1. The van der Waals surface area contributed by atoms with Crippen LogP contribution in [0.3, 0.4) is 0 Å². The number of hydrogen-bond acceptors (Lipinski definition) is 1. The smallest absolute Gasteiger partial charge is 1.00 e. The zero-order valence-corrected chi connectivity index (χ0v) is 30.8. The van der Waals surface area contributed by atoms with Gasteiger partial charge < -0.3 is 75.9 Å². The first kappa shape index (κ1) is 60.6. The molecule has 12 heteroatoms. The van der Waals surface area contributed by atoms with Crippen molar-refractivity contribution < 1.29 is 80.3 Å². The maximum atomic E-state index is 12.1. The Hall–Kier alpha value is 2.18. The van der Waals surface area contributed by atoms with Crippen LogP contribution >= 0.6 is 11.6 Å². The summed E-state index contributed by atoms with van der Waals surface area (Å²) >= 11 is 5.65. The minimum Gasteiger partial charge on any atom is -1.00 e. The summed E-state index contributed by atoms with van der Waals surface area (Å²) in [6.07, 6.45) is 0. The summed E-state index contributed by atoms with van der Waals surface area (Å²) in [4.78, 5) is 0. The summed E-state index contributed by atoms with van der Waals surface area (Å²) in [6.45, 7) is 11.0. The Kier molecular flexibility index (Phi) is 66.6. The molecule has 0 aliphatic carbocycles. The number of benzene rings is 3. The van der Waals surface area contributed by atoms with Gasteiger partial charge in [-0.15, -0.1) is 24.3 Å². The van der Waals surface area contributed by atoms with E-state index in [1.807, 2.05) is 48.5 Å². The second-order valence-corrected chi connectivity index (χ2v) is 5.48. The monoisotopic (exact) mass is 714 g/mol. The van der Waals surface area contributed by atoms with Crippen molar-refractivity contribution in [3.8, 4) is 5.75 Å². The molecule has 0 aliphatic heterocycles. The first-order valence-corrected chi connectivity index (χ1v) is 7.90. The van der Waals surface area contributed by atoms with Gasteiger partial charge in [-0.05, 0) is 6.07 Å². The number of halogens is 7. The van der Waals surface area contributed by atoms with Gasteiger partial charge >= 0.3 is 92.2 Å². The molecule has 0 atom stereocenters. The molecule has 3 aromatic carbocycles. The third kappa shape index (κ3) is 30.4. The average Bonchev–Trinajstić information content (AvgIpc) is 2.61. The van der Waals surface area contributed by atoms with E-state index in [-0.39, 0.29) is 169 Å². The molecule has 3 rings (SSSR count). The van der Waals surface area contributed by atoms with Crippen molar-refractivity contribution in [2.24, 2.45) is 0 Å². The average molecular weight is 719 g/mol. The summed E-state index contributed by atoms with van der Waals surface area (Å²) in [5.74, 6) is 0.653. The van der Waals surface area contributed by atoms with E-state index in [9.17, 15) is 4.39 Å². The zero-order chi connectivity index (χ0) is 18.7. The van der Waals surface area contributed by atoms with Crippen molar-refractivity contribution in [1.29, 1.82) is 0 Å². The van der Waals surface area contributed by atoms with E-state index in [4.69, 9.17) is 16.3 Å². The van der Waals surface area contributed by atoms with Crippen LogP contribution in [0.2, 0.25) is 5.02 Å². The van der Waals surface area contributed by atoms with Crippen molar-refractivity contribution in [2.75, 3.05) is 7.11 Å². The van der Waals surface area contributed by atoms with E-state index >= 15 is 0 Å². The van der Waals surface area contributed by atoms with Crippen LogP contribution in [0.15, 0.2) is 72.8 Å². The third-order valence-electron chi connectivity index (χ3n) is 3.01. The van der Waals surface area contributed by atoms with Gasteiger partial charge in [0.2, 0.25) is 0 Å². The van der Waals surface area contributed by atoms with E-state index in [2.05, 4.69) is 20.8 Å². The molecule has 172 valence electrons. The van der Waals surface area contributed by atoms with Crippen molar-refractivity contribution in [3.05, 3.63) is 121 Å². The van der Waals surface area contributed by atoms with Crippen LogP contribution < -0.4 is 75.9 Å². The number of hydrogen-bond donors (Lipinski definition) is 0. The predicted octanol–water partition coefficient (Wildman–Crippen LogP) is -10.1. The summed E-state index contributed by atoms with van der Waals surface area (Å²) < 4.78 is 17.0. The first-order chi connectivity index (χ1) is 11.9. The summed E-state index contributed by atoms with van der Waals surface area (Å²) in [6, 6.07) is 21.2. The molecule has 0 amide bonds. The third-order valence-corrected chi connectivity index (χ3v) is 3.37. The minimum atomic E-state index is -0.211. The molecule has 0 heterocycles. The van der Waals surface area contributed by atoms with Gasteiger partial charge in [0.1, 0.15) is 0 Å². The molecule has 0 fully saturated rings. The van der Waals surface area contributed by atoms with Gasteiger partial charge in [0, 0.05) is 0 Å². The maximum Gasteiger partial charge on any atom is 2.00 e. The molecular weight excluding hydrogens is 698 g/mol. The van der Waals surface area contributed by atoms with Crippen molar-refractivity contribution in [1.82, 2.24) is 0 Å². The second-order valence-electron chi connectivity index (χ2n) is 5.07. The van der Waals surface area contributed by atoms with Gasteiger partial charge in [-0.25, -0.2) is 4.39 Å². The van der Waals surface area contributed by atoms with Crippen molar-refractivity contribution in [2.45, 2.75) is 0 Å². The van der Waals surface area contributed by atoms with E-state index in [1.54, 1.807) is 19.2 Å². The molecule has 0 saturated heterocycles. The summed E-state index contributed by atoms with van der Waals surface area (Å²) in [7, 11) is 1.65. The molecule has 0 unspecified atom stereocenters. The Balaban J connectivity index is -0.0000000348. The van der Waals surface area contributed by atoms with Gasteiger partial charge in [-0.3, -0.25) is 0 Å². The molecule has 0 aliphatic rings. The van der Waals surface area contributed by atoms with Crippen LogP contribution in [0.4, 0.5) is 4.39 Å². The first-order valence-electron chi connectivity index (χ1n) is 7.52. The number of ether oxygens (including phenoxy) is 1. The van der Waals surface area contributed by atoms with Gasteiger partial charge in [0.05, 0.1) is 18.7 Å². The molecule has 0 bridgehead atoms. The normalized spacial score (nSPS) is 6.68. The topological polar surface area (TPSA) is 9.23 Å². The fourth-order valence-corrected chi connectivity index (χ4v) is 1.79. The Morgan fingerprint density at radius 3 is 1.44 bits per heavy atom. The van der Waals surface area contributed by atoms with E-state index in [0.717, 1.165) is 27.5 Å².